The van der Waals surface area contributed by atoms with Crippen LogP contribution in [0.4, 0.5) is 0 Å². The molecular formula is C10H11ClO2. The molecule has 0 saturated carbocycles. The van der Waals surface area contributed by atoms with Gasteiger partial charge in [0.25, 0.3) is 0 Å². The van der Waals surface area contributed by atoms with E-state index in [2.05, 4.69) is 0 Å². The Kier molecular flexibility index (Phi) is 2.94. The summed E-state index contributed by atoms with van der Waals surface area (Å²) in [4.78, 5) is 11.3. The molecule has 1 rings (SSSR count). The van der Waals surface area contributed by atoms with Crippen molar-refractivity contribution in [3.8, 4) is 5.75 Å². The van der Waals surface area contributed by atoms with Gasteiger partial charge in [0.05, 0.1) is 11.4 Å². The second kappa shape index (κ2) is 3.79. The summed E-state index contributed by atoms with van der Waals surface area (Å²) in [6, 6.07) is 3.41. The van der Waals surface area contributed by atoms with Gasteiger partial charge in [-0.3, -0.25) is 4.79 Å². The van der Waals surface area contributed by atoms with Gasteiger partial charge in [0.1, 0.15) is 5.75 Å². The van der Waals surface area contributed by atoms with Crippen molar-refractivity contribution < 1.29 is 9.90 Å². The fraction of sp³-hybridized carbons (Fsp3) is 0.300. The van der Waals surface area contributed by atoms with Crippen molar-refractivity contribution in [2.24, 2.45) is 0 Å². The summed E-state index contributed by atoms with van der Waals surface area (Å²) in [5, 5.41) is 9.49. The average Bonchev–Trinajstić information content (AvgIpc) is 2.02. The number of halogens is 1. The molecule has 13 heavy (non-hydrogen) atoms. The number of carbonyl (C=O) groups is 1. The summed E-state index contributed by atoms with van der Waals surface area (Å²) in [6.07, 6.45) is 0. The van der Waals surface area contributed by atoms with Gasteiger partial charge in [-0.2, -0.15) is 0 Å². The van der Waals surface area contributed by atoms with E-state index in [0.29, 0.717) is 5.56 Å². The Bertz CT molecular complexity index is 322. The number of Topliss-reactive ketones (excluding diaryl/α,β-unsaturated/α-hetero) is 1. The number of alkyl halides is 1. The van der Waals surface area contributed by atoms with Crippen molar-refractivity contribution in [1.29, 1.82) is 0 Å². The van der Waals surface area contributed by atoms with Crippen LogP contribution in [0.2, 0.25) is 0 Å². The Balaban J connectivity index is 3.28. The first kappa shape index (κ1) is 10.1. The Labute approximate surface area is 82.2 Å². The monoisotopic (exact) mass is 198 g/mol. The number of hydrogen-bond acceptors (Lipinski definition) is 2. The molecule has 0 unspecified atom stereocenters. The number of aryl methyl sites for hydroxylation is 2. The van der Waals surface area contributed by atoms with E-state index in [1.165, 1.54) is 0 Å². The van der Waals surface area contributed by atoms with Gasteiger partial charge in [-0.05, 0) is 31.0 Å². The predicted molar refractivity (Wildman–Crippen MR) is 52.6 cm³/mol. The van der Waals surface area contributed by atoms with Crippen LogP contribution in [0.3, 0.4) is 0 Å². The molecule has 0 aliphatic carbocycles. The highest BCUT2D eigenvalue weighted by atomic mass is 35.5. The second-order valence-corrected chi connectivity index (χ2v) is 3.30. The Morgan fingerprint density at radius 1 is 1.46 bits per heavy atom. The van der Waals surface area contributed by atoms with Gasteiger partial charge in [0, 0.05) is 0 Å². The molecule has 2 nitrogen and oxygen atoms in total. The molecule has 1 N–H and O–H groups in total. The van der Waals surface area contributed by atoms with E-state index < -0.39 is 0 Å². The third kappa shape index (κ3) is 2.01. The first-order chi connectivity index (χ1) is 6.06. The fourth-order valence-corrected chi connectivity index (χ4v) is 1.51. The lowest BCUT2D eigenvalue weighted by Crippen LogP contribution is -2.03. The number of ketones is 1. The predicted octanol–water partition coefficient (Wildman–Crippen LogP) is 2.43. The molecule has 0 saturated heterocycles. The molecule has 70 valence electrons. The van der Waals surface area contributed by atoms with Crippen molar-refractivity contribution in [1.82, 2.24) is 0 Å². The molecule has 0 amide bonds. The largest absolute Gasteiger partial charge is 0.507 e. The quantitative estimate of drug-likeness (QED) is 0.586. The zero-order chi connectivity index (χ0) is 10.0. The van der Waals surface area contributed by atoms with Gasteiger partial charge in [-0.1, -0.05) is 6.07 Å². The van der Waals surface area contributed by atoms with Crippen LogP contribution in [0.1, 0.15) is 21.5 Å². The van der Waals surface area contributed by atoms with Gasteiger partial charge in [-0.25, -0.2) is 0 Å². The molecule has 0 aromatic heterocycles. The minimum absolute atomic E-state index is 0.0168. The topological polar surface area (TPSA) is 37.3 Å². The van der Waals surface area contributed by atoms with Crippen LogP contribution >= 0.6 is 11.6 Å². The summed E-state index contributed by atoms with van der Waals surface area (Å²) < 4.78 is 0. The van der Waals surface area contributed by atoms with Crippen molar-refractivity contribution in [3.05, 3.63) is 28.8 Å². The second-order valence-electron chi connectivity index (χ2n) is 3.03. The van der Waals surface area contributed by atoms with Crippen molar-refractivity contribution >= 4 is 17.4 Å². The molecule has 0 radical (unpaired) electrons. The minimum Gasteiger partial charge on any atom is -0.507 e. The lowest BCUT2D eigenvalue weighted by Gasteiger charge is -2.06. The number of aromatic hydroxyl groups is 1. The summed E-state index contributed by atoms with van der Waals surface area (Å²) in [5.74, 6) is -0.322. The number of phenols is 1. The lowest BCUT2D eigenvalue weighted by atomic mass is 10.0. The molecule has 0 aliphatic heterocycles. The van der Waals surface area contributed by atoms with Gasteiger partial charge in [0.15, 0.2) is 5.78 Å². The maximum Gasteiger partial charge on any atom is 0.181 e. The van der Waals surface area contributed by atoms with Gasteiger partial charge < -0.3 is 5.11 Å². The van der Waals surface area contributed by atoms with Crippen molar-refractivity contribution in [2.45, 2.75) is 13.8 Å². The third-order valence-corrected chi connectivity index (χ3v) is 2.10. The molecule has 0 aliphatic rings. The summed E-state index contributed by atoms with van der Waals surface area (Å²) >= 11 is 5.41. The first-order valence-electron chi connectivity index (χ1n) is 3.95. The van der Waals surface area contributed by atoms with E-state index >= 15 is 0 Å². The Morgan fingerprint density at radius 3 is 2.54 bits per heavy atom. The molecule has 0 heterocycles. The highest BCUT2D eigenvalue weighted by Gasteiger charge is 2.13. The standard InChI is InChI=1S/C10H11ClO2/c1-6-3-7(2)10(8(12)4-6)9(13)5-11/h3-4,12H,5H2,1-2H3. The van der Waals surface area contributed by atoms with E-state index in [-0.39, 0.29) is 17.4 Å². The number of rotatable bonds is 2. The molecule has 0 atom stereocenters. The summed E-state index contributed by atoms with van der Waals surface area (Å²) in [5.41, 5.74) is 2.03. The van der Waals surface area contributed by atoms with Crippen LogP contribution in [-0.2, 0) is 0 Å². The van der Waals surface area contributed by atoms with E-state index in [9.17, 15) is 9.90 Å². The highest BCUT2D eigenvalue weighted by molar-refractivity contribution is 6.31. The maximum atomic E-state index is 11.3. The van der Waals surface area contributed by atoms with Gasteiger partial charge in [-0.15, -0.1) is 11.6 Å². The molecule has 1 aromatic rings. The van der Waals surface area contributed by atoms with E-state index in [0.717, 1.165) is 11.1 Å². The Hall–Kier alpha value is -1.02. The number of hydrogen-bond donors (Lipinski definition) is 1. The minimum atomic E-state index is -0.239. The number of carbonyl (C=O) groups excluding carboxylic acids is 1. The van der Waals surface area contributed by atoms with Gasteiger partial charge >= 0.3 is 0 Å². The molecular weight excluding hydrogens is 188 g/mol. The third-order valence-electron chi connectivity index (χ3n) is 1.86. The first-order valence-corrected chi connectivity index (χ1v) is 4.49. The molecule has 0 fully saturated rings. The number of phenolic OH excluding ortho intramolecular Hbond substituents is 1. The lowest BCUT2D eigenvalue weighted by molar-refractivity contribution is 0.101. The summed E-state index contributed by atoms with van der Waals surface area (Å²) in [7, 11) is 0. The van der Waals surface area contributed by atoms with E-state index in [4.69, 9.17) is 11.6 Å². The zero-order valence-corrected chi connectivity index (χ0v) is 8.35. The maximum absolute atomic E-state index is 11.3. The van der Waals surface area contributed by atoms with Crippen molar-refractivity contribution in [3.63, 3.8) is 0 Å². The van der Waals surface area contributed by atoms with Gasteiger partial charge in [0.2, 0.25) is 0 Å². The molecule has 0 spiro atoms. The fourth-order valence-electron chi connectivity index (χ4n) is 1.37. The normalized spacial score (nSPS) is 10.1. The van der Waals surface area contributed by atoms with Crippen LogP contribution < -0.4 is 0 Å². The van der Waals surface area contributed by atoms with Crippen LogP contribution in [0.5, 0.6) is 5.75 Å². The molecule has 0 bridgehead atoms. The molecule has 3 heteroatoms. The SMILES string of the molecule is Cc1cc(C)c(C(=O)CCl)c(O)c1. The van der Waals surface area contributed by atoms with Crippen LogP contribution in [-0.4, -0.2) is 16.8 Å². The number of benzene rings is 1. The van der Waals surface area contributed by atoms with Crippen LogP contribution in [0.25, 0.3) is 0 Å². The van der Waals surface area contributed by atoms with E-state index in [1.54, 1.807) is 13.0 Å². The molecule has 1 aromatic carbocycles. The average molecular weight is 199 g/mol. The van der Waals surface area contributed by atoms with Crippen LogP contribution in [0.15, 0.2) is 12.1 Å². The van der Waals surface area contributed by atoms with E-state index in [1.807, 2.05) is 13.0 Å². The van der Waals surface area contributed by atoms with Crippen molar-refractivity contribution in [2.75, 3.05) is 5.88 Å². The Morgan fingerprint density at radius 2 is 2.08 bits per heavy atom. The van der Waals surface area contributed by atoms with Crippen LogP contribution in [0, 0.1) is 13.8 Å². The highest BCUT2D eigenvalue weighted by Crippen LogP contribution is 2.23. The zero-order valence-electron chi connectivity index (χ0n) is 7.60. The smallest absolute Gasteiger partial charge is 0.181 e. The summed E-state index contributed by atoms with van der Waals surface area (Å²) in [6.45, 7) is 3.65.